The van der Waals surface area contributed by atoms with Crippen LogP contribution >= 0.6 is 0 Å². The highest BCUT2D eigenvalue weighted by molar-refractivity contribution is 5.83. The number of carbonyl (C=O) groups is 1. The van der Waals surface area contributed by atoms with Gasteiger partial charge in [-0.1, -0.05) is 13.8 Å². The molecular formula is C12H24N2O2. The van der Waals surface area contributed by atoms with E-state index in [0.717, 1.165) is 32.1 Å². The van der Waals surface area contributed by atoms with Crippen molar-refractivity contribution >= 4 is 5.91 Å². The molecule has 0 atom stereocenters. The molecular weight excluding hydrogens is 204 g/mol. The summed E-state index contributed by atoms with van der Waals surface area (Å²) < 4.78 is 0. The zero-order chi connectivity index (χ0) is 12.2. The van der Waals surface area contributed by atoms with Gasteiger partial charge in [0.15, 0.2) is 0 Å². The van der Waals surface area contributed by atoms with Gasteiger partial charge in [0.25, 0.3) is 0 Å². The SMILES string of the molecule is CCC(CC)(CN)C(=O)NC1(CO)CCC1. The number of aliphatic hydroxyl groups is 1. The van der Waals surface area contributed by atoms with Gasteiger partial charge in [-0.2, -0.15) is 0 Å². The van der Waals surface area contributed by atoms with Gasteiger partial charge in [0.1, 0.15) is 0 Å². The molecule has 4 nitrogen and oxygen atoms in total. The van der Waals surface area contributed by atoms with Gasteiger partial charge >= 0.3 is 0 Å². The molecule has 0 bridgehead atoms. The second-order valence-corrected chi connectivity index (χ2v) is 4.94. The van der Waals surface area contributed by atoms with E-state index in [0.29, 0.717) is 6.54 Å². The molecule has 0 aromatic heterocycles. The Balaban J connectivity index is 2.69. The Hall–Kier alpha value is -0.610. The maximum atomic E-state index is 12.2. The molecule has 0 aromatic rings. The van der Waals surface area contributed by atoms with Gasteiger partial charge in [0.05, 0.1) is 17.6 Å². The molecule has 0 radical (unpaired) electrons. The summed E-state index contributed by atoms with van der Waals surface area (Å²) >= 11 is 0. The summed E-state index contributed by atoms with van der Waals surface area (Å²) in [5, 5.41) is 12.3. The lowest BCUT2D eigenvalue weighted by molar-refractivity contribution is -0.135. The molecule has 0 spiro atoms. The van der Waals surface area contributed by atoms with E-state index < -0.39 is 5.41 Å². The zero-order valence-electron chi connectivity index (χ0n) is 10.4. The predicted octanol–water partition coefficient (Wildman–Crippen LogP) is 0.783. The number of nitrogens with one attached hydrogen (secondary N) is 1. The van der Waals surface area contributed by atoms with Crippen LogP contribution in [0.25, 0.3) is 0 Å². The lowest BCUT2D eigenvalue weighted by Gasteiger charge is -2.43. The molecule has 1 fully saturated rings. The predicted molar refractivity (Wildman–Crippen MR) is 63.9 cm³/mol. The molecule has 0 aliphatic heterocycles. The average molecular weight is 228 g/mol. The number of carbonyl (C=O) groups excluding carboxylic acids is 1. The number of rotatable bonds is 6. The van der Waals surface area contributed by atoms with Crippen molar-refractivity contribution in [3.05, 3.63) is 0 Å². The molecule has 1 amide bonds. The number of nitrogens with two attached hydrogens (primary N) is 1. The number of hydrogen-bond acceptors (Lipinski definition) is 3. The van der Waals surface area contributed by atoms with Crippen LogP contribution in [0.3, 0.4) is 0 Å². The lowest BCUT2D eigenvalue weighted by Crippen LogP contribution is -2.60. The lowest BCUT2D eigenvalue weighted by atomic mass is 9.75. The van der Waals surface area contributed by atoms with Gasteiger partial charge in [-0.3, -0.25) is 4.79 Å². The zero-order valence-corrected chi connectivity index (χ0v) is 10.4. The molecule has 94 valence electrons. The van der Waals surface area contributed by atoms with E-state index in [1.807, 2.05) is 13.8 Å². The Kier molecular flexibility index (Phi) is 4.33. The molecule has 4 N–H and O–H groups in total. The van der Waals surface area contributed by atoms with Gasteiger partial charge in [0, 0.05) is 6.54 Å². The van der Waals surface area contributed by atoms with Crippen LogP contribution in [0.5, 0.6) is 0 Å². The smallest absolute Gasteiger partial charge is 0.227 e. The van der Waals surface area contributed by atoms with E-state index in [-0.39, 0.29) is 18.1 Å². The number of hydrogen-bond donors (Lipinski definition) is 3. The van der Waals surface area contributed by atoms with E-state index in [4.69, 9.17) is 5.73 Å². The highest BCUT2D eigenvalue weighted by atomic mass is 16.3. The van der Waals surface area contributed by atoms with Gasteiger partial charge in [-0.25, -0.2) is 0 Å². The Bertz CT molecular complexity index is 232. The fourth-order valence-corrected chi connectivity index (χ4v) is 2.25. The molecule has 0 aromatic carbocycles. The van der Waals surface area contributed by atoms with E-state index in [1.165, 1.54) is 0 Å². The third-order valence-corrected chi connectivity index (χ3v) is 4.22. The van der Waals surface area contributed by atoms with Crippen molar-refractivity contribution in [3.8, 4) is 0 Å². The molecule has 0 unspecified atom stereocenters. The second kappa shape index (κ2) is 5.15. The van der Waals surface area contributed by atoms with Crippen LogP contribution in [0.15, 0.2) is 0 Å². The monoisotopic (exact) mass is 228 g/mol. The van der Waals surface area contributed by atoms with Crippen LogP contribution in [-0.2, 0) is 4.79 Å². The van der Waals surface area contributed by atoms with Crippen molar-refractivity contribution in [1.29, 1.82) is 0 Å². The minimum Gasteiger partial charge on any atom is -0.394 e. The minimum atomic E-state index is -0.461. The molecule has 1 aliphatic rings. The summed E-state index contributed by atoms with van der Waals surface area (Å²) in [5.74, 6) is 0.00810. The second-order valence-electron chi connectivity index (χ2n) is 4.94. The van der Waals surface area contributed by atoms with E-state index in [2.05, 4.69) is 5.32 Å². The van der Waals surface area contributed by atoms with Crippen molar-refractivity contribution in [3.63, 3.8) is 0 Å². The normalized spacial score (nSPS) is 19.0. The quantitative estimate of drug-likeness (QED) is 0.629. The average Bonchev–Trinajstić information content (AvgIpc) is 2.26. The van der Waals surface area contributed by atoms with Crippen LogP contribution in [-0.4, -0.2) is 29.7 Å². The highest BCUT2D eigenvalue weighted by Crippen LogP contribution is 2.34. The van der Waals surface area contributed by atoms with Crippen LogP contribution in [0, 0.1) is 5.41 Å². The van der Waals surface area contributed by atoms with Gasteiger partial charge in [0.2, 0.25) is 5.91 Å². The third kappa shape index (κ3) is 2.23. The first kappa shape index (κ1) is 13.5. The molecule has 16 heavy (non-hydrogen) atoms. The van der Waals surface area contributed by atoms with Gasteiger partial charge < -0.3 is 16.2 Å². The Morgan fingerprint density at radius 1 is 1.44 bits per heavy atom. The first-order valence-electron chi connectivity index (χ1n) is 6.21. The Morgan fingerprint density at radius 3 is 2.25 bits per heavy atom. The van der Waals surface area contributed by atoms with E-state index in [1.54, 1.807) is 0 Å². The largest absolute Gasteiger partial charge is 0.394 e. The van der Waals surface area contributed by atoms with Crippen molar-refractivity contribution in [1.82, 2.24) is 5.32 Å². The first-order chi connectivity index (χ1) is 7.58. The van der Waals surface area contributed by atoms with Crippen molar-refractivity contribution in [2.24, 2.45) is 11.1 Å². The van der Waals surface area contributed by atoms with Gasteiger partial charge in [-0.05, 0) is 32.1 Å². The van der Waals surface area contributed by atoms with Crippen LogP contribution in [0.1, 0.15) is 46.0 Å². The number of aliphatic hydroxyl groups excluding tert-OH is 1. The first-order valence-corrected chi connectivity index (χ1v) is 6.21. The van der Waals surface area contributed by atoms with Crippen molar-refractivity contribution in [2.75, 3.05) is 13.2 Å². The molecule has 1 aliphatic carbocycles. The topological polar surface area (TPSA) is 75.4 Å². The summed E-state index contributed by atoms with van der Waals surface area (Å²) in [5.41, 5.74) is 4.91. The van der Waals surface area contributed by atoms with Crippen molar-refractivity contribution in [2.45, 2.75) is 51.5 Å². The van der Waals surface area contributed by atoms with Gasteiger partial charge in [-0.15, -0.1) is 0 Å². The van der Waals surface area contributed by atoms with Crippen LogP contribution in [0.4, 0.5) is 0 Å². The fourth-order valence-electron chi connectivity index (χ4n) is 2.25. The van der Waals surface area contributed by atoms with Crippen LogP contribution < -0.4 is 11.1 Å². The summed E-state index contributed by atoms with van der Waals surface area (Å²) in [6, 6.07) is 0. The Morgan fingerprint density at radius 2 is 2.00 bits per heavy atom. The molecule has 0 heterocycles. The fraction of sp³-hybridized carbons (Fsp3) is 0.917. The maximum absolute atomic E-state index is 12.2. The van der Waals surface area contributed by atoms with Crippen molar-refractivity contribution < 1.29 is 9.90 Å². The highest BCUT2D eigenvalue weighted by Gasteiger charge is 2.42. The maximum Gasteiger partial charge on any atom is 0.227 e. The molecule has 0 saturated heterocycles. The summed E-state index contributed by atoms with van der Waals surface area (Å²) in [7, 11) is 0. The molecule has 1 rings (SSSR count). The van der Waals surface area contributed by atoms with E-state index in [9.17, 15) is 9.90 Å². The van der Waals surface area contributed by atoms with E-state index >= 15 is 0 Å². The molecule has 4 heteroatoms. The summed E-state index contributed by atoms with van der Waals surface area (Å²) in [4.78, 5) is 12.2. The minimum absolute atomic E-state index is 0.00810. The summed E-state index contributed by atoms with van der Waals surface area (Å²) in [6.45, 7) is 4.38. The Labute approximate surface area is 97.6 Å². The molecule has 1 saturated carbocycles. The number of amides is 1. The third-order valence-electron chi connectivity index (χ3n) is 4.22. The van der Waals surface area contributed by atoms with Crippen LogP contribution in [0.2, 0.25) is 0 Å². The standard InChI is InChI=1S/C12H24N2O2/c1-3-11(4-2,8-13)10(16)14-12(9-15)6-5-7-12/h15H,3-9,13H2,1-2H3,(H,14,16). The summed E-state index contributed by atoms with van der Waals surface area (Å²) in [6.07, 6.45) is 4.32.